The Morgan fingerprint density at radius 2 is 2.00 bits per heavy atom. The second-order valence-electron chi connectivity index (χ2n) is 3.45. The number of amides is 1. The molecule has 5 nitrogen and oxygen atoms in total. The number of nitrogens with one attached hydrogen (secondary N) is 1. The normalized spacial score (nSPS) is 12.8. The molecule has 0 radical (unpaired) electrons. The van der Waals surface area contributed by atoms with Crippen LogP contribution in [-0.2, 0) is 11.0 Å². The van der Waals surface area contributed by atoms with E-state index in [9.17, 15) is 27.2 Å². The fraction of sp³-hybridized carbons (Fsp3) is 0.300. The van der Waals surface area contributed by atoms with Gasteiger partial charge in [-0.1, -0.05) is 0 Å². The van der Waals surface area contributed by atoms with Gasteiger partial charge in [0.25, 0.3) is 5.91 Å². The highest BCUT2D eigenvalue weighted by Gasteiger charge is 2.31. The van der Waals surface area contributed by atoms with Gasteiger partial charge in [-0.2, -0.15) is 13.2 Å². The van der Waals surface area contributed by atoms with Crippen LogP contribution in [0.5, 0.6) is 0 Å². The zero-order valence-electron chi connectivity index (χ0n) is 9.24. The van der Waals surface area contributed by atoms with Crippen LogP contribution >= 0.6 is 0 Å². The predicted molar refractivity (Wildman–Crippen MR) is 54.1 cm³/mol. The Labute approximate surface area is 104 Å². The van der Waals surface area contributed by atoms with E-state index in [-0.39, 0.29) is 0 Å². The van der Waals surface area contributed by atoms with Crippen LogP contribution in [-0.4, -0.2) is 34.7 Å². The summed E-state index contributed by atoms with van der Waals surface area (Å²) in [5.41, 5.74) is -1.49. The van der Waals surface area contributed by atoms with E-state index in [1.807, 2.05) is 0 Å². The molecule has 19 heavy (non-hydrogen) atoms. The Bertz CT molecular complexity index is 473. The number of carbonyl (C=O) groups excluding carboxylic acids is 1. The molecule has 0 bridgehead atoms. The first kappa shape index (κ1) is 14.9. The molecule has 1 heterocycles. The van der Waals surface area contributed by atoms with Crippen LogP contribution < -0.4 is 5.32 Å². The number of nitrogens with zero attached hydrogens (tertiary/aromatic N) is 1. The first-order valence-electron chi connectivity index (χ1n) is 4.88. The smallest absolute Gasteiger partial charge is 0.417 e. The van der Waals surface area contributed by atoms with Crippen molar-refractivity contribution in [3.63, 3.8) is 0 Å². The zero-order chi connectivity index (χ0) is 14.6. The number of carboxylic acid groups (broad SMARTS) is 1. The highest BCUT2D eigenvalue weighted by Crippen LogP contribution is 2.28. The van der Waals surface area contributed by atoms with Crippen molar-refractivity contribution in [1.29, 1.82) is 0 Å². The number of aliphatic carboxylic acids is 1. The molecule has 0 aliphatic rings. The van der Waals surface area contributed by atoms with Gasteiger partial charge in [-0.25, -0.2) is 9.18 Å². The average Bonchev–Trinajstić information content (AvgIpc) is 2.34. The topological polar surface area (TPSA) is 79.3 Å². The minimum atomic E-state index is -4.59. The Kier molecular flexibility index (Phi) is 4.41. The third-order valence-electron chi connectivity index (χ3n) is 2.08. The molecule has 1 rings (SSSR count). The van der Waals surface area contributed by atoms with Crippen molar-refractivity contribution < 1.29 is 32.3 Å². The molecule has 1 aromatic rings. The molecule has 2 N–H and O–H groups in total. The number of carbonyl (C=O) groups is 2. The minimum Gasteiger partial charge on any atom is -0.480 e. The Balaban J connectivity index is 2.81. The molecule has 1 atom stereocenters. The van der Waals surface area contributed by atoms with Crippen molar-refractivity contribution in [3.8, 4) is 0 Å². The molecule has 0 fully saturated rings. The van der Waals surface area contributed by atoms with Gasteiger partial charge in [0.05, 0.1) is 5.56 Å². The fourth-order valence-corrected chi connectivity index (χ4v) is 1.09. The second-order valence-corrected chi connectivity index (χ2v) is 3.45. The molecule has 0 aliphatic heterocycles. The van der Waals surface area contributed by atoms with Crippen molar-refractivity contribution in [3.05, 3.63) is 29.6 Å². The molecule has 0 saturated carbocycles. The van der Waals surface area contributed by atoms with E-state index in [4.69, 9.17) is 5.11 Å². The van der Waals surface area contributed by atoms with Crippen molar-refractivity contribution in [2.24, 2.45) is 0 Å². The number of hydrogen-bond acceptors (Lipinski definition) is 3. The van der Waals surface area contributed by atoms with Gasteiger partial charge in [0, 0.05) is 6.20 Å². The van der Waals surface area contributed by atoms with Gasteiger partial charge in [0.15, 0.2) is 6.04 Å². The summed E-state index contributed by atoms with van der Waals surface area (Å²) >= 11 is 0. The van der Waals surface area contributed by atoms with E-state index in [1.165, 1.54) is 0 Å². The summed E-state index contributed by atoms with van der Waals surface area (Å²) < 4.78 is 48.9. The van der Waals surface area contributed by atoms with Crippen LogP contribution in [0.2, 0.25) is 0 Å². The standard InChI is InChI=1S/C10H8F4N2O3/c11-3-7(9(18)19)16-8(17)6-2-1-5(4-15-6)10(12,13)14/h1-2,4,7H,3H2,(H,16,17)(H,18,19). The van der Waals surface area contributed by atoms with Gasteiger partial charge in [0.1, 0.15) is 12.4 Å². The van der Waals surface area contributed by atoms with Gasteiger partial charge >= 0.3 is 12.1 Å². The number of carboxylic acids is 1. The van der Waals surface area contributed by atoms with Crippen molar-refractivity contribution in [1.82, 2.24) is 10.3 Å². The van der Waals surface area contributed by atoms with Crippen molar-refractivity contribution in [2.45, 2.75) is 12.2 Å². The highest BCUT2D eigenvalue weighted by atomic mass is 19.4. The molecule has 9 heteroatoms. The van der Waals surface area contributed by atoms with Crippen LogP contribution in [0, 0.1) is 0 Å². The van der Waals surface area contributed by atoms with Crippen LogP contribution in [0.15, 0.2) is 18.3 Å². The number of aromatic nitrogens is 1. The van der Waals surface area contributed by atoms with Gasteiger partial charge in [-0.05, 0) is 12.1 Å². The van der Waals surface area contributed by atoms with Crippen molar-refractivity contribution >= 4 is 11.9 Å². The Morgan fingerprint density at radius 1 is 1.37 bits per heavy atom. The molecule has 0 aromatic carbocycles. The number of halogens is 4. The molecule has 0 saturated heterocycles. The molecule has 104 valence electrons. The maximum Gasteiger partial charge on any atom is 0.417 e. The first-order valence-corrected chi connectivity index (χ1v) is 4.88. The quantitative estimate of drug-likeness (QED) is 0.814. The molecule has 1 amide bonds. The van der Waals surface area contributed by atoms with Crippen LogP contribution in [0.3, 0.4) is 0 Å². The number of hydrogen-bond donors (Lipinski definition) is 2. The lowest BCUT2D eigenvalue weighted by Gasteiger charge is -2.11. The molecule has 0 spiro atoms. The van der Waals surface area contributed by atoms with Gasteiger partial charge in [-0.15, -0.1) is 0 Å². The van der Waals surface area contributed by atoms with Crippen LogP contribution in [0.4, 0.5) is 17.6 Å². The van der Waals surface area contributed by atoms with E-state index < -0.39 is 42.0 Å². The monoisotopic (exact) mass is 280 g/mol. The third kappa shape index (κ3) is 3.90. The Hall–Kier alpha value is -2.19. The second kappa shape index (κ2) is 5.63. The van der Waals surface area contributed by atoms with Gasteiger partial charge < -0.3 is 10.4 Å². The summed E-state index contributed by atoms with van der Waals surface area (Å²) in [6.45, 7) is -1.35. The van der Waals surface area contributed by atoms with Gasteiger partial charge in [-0.3, -0.25) is 9.78 Å². The van der Waals surface area contributed by atoms with E-state index in [0.29, 0.717) is 12.3 Å². The summed E-state index contributed by atoms with van der Waals surface area (Å²) in [4.78, 5) is 25.1. The van der Waals surface area contributed by atoms with E-state index >= 15 is 0 Å². The van der Waals surface area contributed by atoms with Crippen LogP contribution in [0.25, 0.3) is 0 Å². The maximum atomic E-state index is 12.2. The maximum absolute atomic E-state index is 12.2. The number of pyridine rings is 1. The van der Waals surface area contributed by atoms with E-state index in [2.05, 4.69) is 4.98 Å². The van der Waals surface area contributed by atoms with Crippen LogP contribution in [0.1, 0.15) is 16.1 Å². The Morgan fingerprint density at radius 3 is 2.37 bits per heavy atom. The zero-order valence-corrected chi connectivity index (χ0v) is 9.24. The summed E-state index contributed by atoms with van der Waals surface area (Å²) in [7, 11) is 0. The van der Waals surface area contributed by atoms with Gasteiger partial charge in [0.2, 0.25) is 0 Å². The fourth-order valence-electron chi connectivity index (χ4n) is 1.09. The molecule has 1 aromatic heterocycles. The minimum absolute atomic E-state index is 0.431. The molecular weight excluding hydrogens is 272 g/mol. The summed E-state index contributed by atoms with van der Waals surface area (Å²) in [6, 6.07) is -0.376. The lowest BCUT2D eigenvalue weighted by atomic mass is 10.2. The van der Waals surface area contributed by atoms with Crippen molar-refractivity contribution in [2.75, 3.05) is 6.67 Å². The highest BCUT2D eigenvalue weighted by molar-refractivity contribution is 5.94. The third-order valence-corrected chi connectivity index (χ3v) is 2.08. The number of alkyl halides is 4. The summed E-state index contributed by atoms with van der Waals surface area (Å²) in [5, 5.41) is 10.3. The predicted octanol–water partition coefficient (Wildman–Crippen LogP) is 1.25. The van der Waals surface area contributed by atoms with E-state index in [0.717, 1.165) is 6.07 Å². The summed E-state index contributed by atoms with van der Waals surface area (Å²) in [6.07, 6.45) is -4.16. The van der Waals surface area contributed by atoms with E-state index in [1.54, 1.807) is 5.32 Å². The first-order chi connectivity index (χ1) is 8.75. The summed E-state index contributed by atoms with van der Waals surface area (Å²) in [5.74, 6) is -2.67. The largest absolute Gasteiger partial charge is 0.480 e. The number of rotatable bonds is 4. The average molecular weight is 280 g/mol. The molecular formula is C10H8F4N2O3. The molecule has 0 aliphatic carbocycles. The SMILES string of the molecule is O=C(NC(CF)C(=O)O)c1ccc(C(F)(F)F)cn1. The lowest BCUT2D eigenvalue weighted by Crippen LogP contribution is -2.42. The lowest BCUT2D eigenvalue weighted by molar-refractivity contribution is -0.139. The molecule has 1 unspecified atom stereocenters.